The Morgan fingerprint density at radius 2 is 1.95 bits per heavy atom. The van der Waals surface area contributed by atoms with Crippen molar-refractivity contribution in [3.63, 3.8) is 0 Å². The van der Waals surface area contributed by atoms with Crippen LogP contribution in [0.3, 0.4) is 0 Å². The van der Waals surface area contributed by atoms with Gasteiger partial charge in [0.25, 0.3) is 5.69 Å². The van der Waals surface area contributed by atoms with E-state index in [1.807, 2.05) is 24.3 Å². The Labute approximate surface area is 130 Å². The summed E-state index contributed by atoms with van der Waals surface area (Å²) >= 11 is 3.23. The molecular formula is C15H12BrN3O2. The summed E-state index contributed by atoms with van der Waals surface area (Å²) in [5, 5.41) is 22.8. The van der Waals surface area contributed by atoms with Gasteiger partial charge in [-0.15, -0.1) is 0 Å². The van der Waals surface area contributed by atoms with Gasteiger partial charge in [-0.2, -0.15) is 5.26 Å². The fourth-order valence-corrected chi connectivity index (χ4v) is 2.23. The lowest BCUT2D eigenvalue weighted by molar-refractivity contribution is -0.385. The molecule has 0 aliphatic rings. The van der Waals surface area contributed by atoms with E-state index in [1.54, 1.807) is 12.1 Å². The van der Waals surface area contributed by atoms with E-state index in [-0.39, 0.29) is 5.69 Å². The number of hydrogen-bond acceptors (Lipinski definition) is 4. The molecule has 0 spiro atoms. The van der Waals surface area contributed by atoms with Crippen LogP contribution in [0, 0.1) is 21.4 Å². The molecule has 6 heteroatoms. The lowest BCUT2D eigenvalue weighted by atomic mass is 10.1. The summed E-state index contributed by atoms with van der Waals surface area (Å²) in [6, 6.07) is 14.5. The van der Waals surface area contributed by atoms with Crippen molar-refractivity contribution in [1.82, 2.24) is 0 Å². The van der Waals surface area contributed by atoms with E-state index in [0.29, 0.717) is 23.0 Å². The molecule has 2 aromatic carbocycles. The van der Waals surface area contributed by atoms with E-state index in [1.165, 1.54) is 6.07 Å². The smallest absolute Gasteiger partial charge is 0.275 e. The van der Waals surface area contributed by atoms with E-state index in [2.05, 4.69) is 27.3 Å². The van der Waals surface area contributed by atoms with Crippen LogP contribution in [0.1, 0.15) is 11.1 Å². The van der Waals surface area contributed by atoms with Gasteiger partial charge in [-0.1, -0.05) is 28.1 Å². The molecule has 0 aliphatic carbocycles. The van der Waals surface area contributed by atoms with Gasteiger partial charge in [0.15, 0.2) is 0 Å². The Kier molecular flexibility index (Phi) is 4.90. The SMILES string of the molecule is N#CCc1ccc(NCc2ccc(Br)cc2[N+](=O)[O-])cc1. The highest BCUT2D eigenvalue weighted by Crippen LogP contribution is 2.24. The third-order valence-corrected chi connectivity index (χ3v) is 3.46. The molecule has 0 bridgehead atoms. The van der Waals surface area contributed by atoms with E-state index < -0.39 is 4.92 Å². The third kappa shape index (κ3) is 4.04. The van der Waals surface area contributed by atoms with Gasteiger partial charge in [0.2, 0.25) is 0 Å². The Bertz CT molecular complexity index is 693. The molecule has 0 fully saturated rings. The Hall–Kier alpha value is -2.39. The van der Waals surface area contributed by atoms with Crippen LogP contribution in [-0.4, -0.2) is 4.92 Å². The average Bonchev–Trinajstić information content (AvgIpc) is 2.47. The molecule has 0 saturated heterocycles. The second-order valence-electron chi connectivity index (χ2n) is 4.42. The van der Waals surface area contributed by atoms with Crippen molar-refractivity contribution in [3.8, 4) is 6.07 Å². The number of nitriles is 1. The highest BCUT2D eigenvalue weighted by Gasteiger charge is 2.13. The first-order valence-corrected chi connectivity index (χ1v) is 7.02. The molecule has 5 nitrogen and oxygen atoms in total. The summed E-state index contributed by atoms with van der Waals surface area (Å²) in [5.41, 5.74) is 2.49. The number of nitrogens with one attached hydrogen (secondary N) is 1. The van der Waals surface area contributed by atoms with Crippen molar-refractivity contribution in [2.75, 3.05) is 5.32 Å². The molecule has 106 valence electrons. The number of nitro benzene ring substituents is 1. The number of rotatable bonds is 5. The third-order valence-electron chi connectivity index (χ3n) is 2.96. The summed E-state index contributed by atoms with van der Waals surface area (Å²) in [7, 11) is 0. The van der Waals surface area contributed by atoms with Crippen LogP contribution >= 0.6 is 15.9 Å². The highest BCUT2D eigenvalue weighted by atomic mass is 79.9. The van der Waals surface area contributed by atoms with Crippen molar-refractivity contribution >= 4 is 27.3 Å². The Morgan fingerprint density at radius 1 is 1.24 bits per heavy atom. The van der Waals surface area contributed by atoms with Crippen molar-refractivity contribution in [2.45, 2.75) is 13.0 Å². The van der Waals surface area contributed by atoms with Gasteiger partial charge in [-0.25, -0.2) is 0 Å². The standard InChI is InChI=1S/C15H12BrN3O2/c16-13-4-3-12(15(9-13)19(20)21)10-18-14-5-1-11(2-6-14)7-8-17/h1-6,9,18H,7,10H2. The zero-order valence-corrected chi connectivity index (χ0v) is 12.6. The van der Waals surface area contributed by atoms with Crippen molar-refractivity contribution in [2.24, 2.45) is 0 Å². The number of hydrogen-bond donors (Lipinski definition) is 1. The predicted molar refractivity (Wildman–Crippen MR) is 83.9 cm³/mol. The lowest BCUT2D eigenvalue weighted by Gasteiger charge is -2.08. The number of nitrogens with zero attached hydrogens (tertiary/aromatic N) is 2. The molecule has 0 atom stereocenters. The van der Waals surface area contributed by atoms with Crippen LogP contribution in [0.5, 0.6) is 0 Å². The maximum absolute atomic E-state index is 11.0. The zero-order valence-electron chi connectivity index (χ0n) is 11.0. The zero-order chi connectivity index (χ0) is 15.2. The van der Waals surface area contributed by atoms with Gasteiger partial charge in [0.1, 0.15) is 0 Å². The van der Waals surface area contributed by atoms with E-state index in [4.69, 9.17) is 5.26 Å². The van der Waals surface area contributed by atoms with Gasteiger partial charge in [-0.05, 0) is 29.8 Å². The van der Waals surface area contributed by atoms with Gasteiger partial charge >= 0.3 is 0 Å². The molecule has 0 heterocycles. The summed E-state index contributed by atoms with van der Waals surface area (Å²) in [6.45, 7) is 0.362. The first kappa shape index (κ1) is 15.0. The minimum Gasteiger partial charge on any atom is -0.381 e. The largest absolute Gasteiger partial charge is 0.381 e. The van der Waals surface area contributed by atoms with E-state index in [0.717, 1.165) is 11.3 Å². The highest BCUT2D eigenvalue weighted by molar-refractivity contribution is 9.10. The van der Waals surface area contributed by atoms with Crippen LogP contribution in [-0.2, 0) is 13.0 Å². The average molecular weight is 346 g/mol. The molecular weight excluding hydrogens is 334 g/mol. The van der Waals surface area contributed by atoms with Crippen molar-refractivity contribution in [1.29, 1.82) is 5.26 Å². The van der Waals surface area contributed by atoms with E-state index in [9.17, 15) is 10.1 Å². The topological polar surface area (TPSA) is 79.0 Å². The lowest BCUT2D eigenvalue weighted by Crippen LogP contribution is -2.03. The quantitative estimate of drug-likeness (QED) is 0.655. The number of benzene rings is 2. The van der Waals surface area contributed by atoms with Gasteiger partial charge < -0.3 is 5.32 Å². The van der Waals surface area contributed by atoms with E-state index >= 15 is 0 Å². The Balaban J connectivity index is 2.09. The van der Waals surface area contributed by atoms with Crippen LogP contribution in [0.25, 0.3) is 0 Å². The summed E-state index contributed by atoms with van der Waals surface area (Å²) < 4.78 is 0.679. The second kappa shape index (κ2) is 6.86. The molecule has 0 aliphatic heterocycles. The number of anilines is 1. The molecule has 0 unspecified atom stereocenters. The van der Waals surface area contributed by atoms with Crippen molar-refractivity contribution in [3.05, 3.63) is 68.2 Å². The normalized spacial score (nSPS) is 9.90. The predicted octanol–water partition coefficient (Wildman–Crippen LogP) is 4.04. The first-order chi connectivity index (χ1) is 10.1. The van der Waals surface area contributed by atoms with Crippen molar-refractivity contribution < 1.29 is 4.92 Å². The number of halogens is 1. The molecule has 0 saturated carbocycles. The molecule has 21 heavy (non-hydrogen) atoms. The molecule has 0 radical (unpaired) electrons. The Morgan fingerprint density at radius 3 is 2.57 bits per heavy atom. The fourth-order valence-electron chi connectivity index (χ4n) is 1.89. The van der Waals surface area contributed by atoms with Gasteiger partial charge in [-0.3, -0.25) is 10.1 Å². The second-order valence-corrected chi connectivity index (χ2v) is 5.33. The van der Waals surface area contributed by atoms with Crippen LogP contribution in [0.15, 0.2) is 46.9 Å². The molecule has 2 rings (SSSR count). The van der Waals surface area contributed by atoms with Crippen LogP contribution < -0.4 is 5.32 Å². The monoisotopic (exact) mass is 345 g/mol. The molecule has 2 aromatic rings. The maximum atomic E-state index is 11.0. The number of nitro groups is 1. The minimum atomic E-state index is -0.391. The summed E-state index contributed by atoms with van der Waals surface area (Å²) in [6.07, 6.45) is 0.373. The van der Waals surface area contributed by atoms with Crippen LogP contribution in [0.4, 0.5) is 11.4 Å². The van der Waals surface area contributed by atoms with Gasteiger partial charge in [0, 0.05) is 28.3 Å². The van der Waals surface area contributed by atoms with Gasteiger partial charge in [0.05, 0.1) is 17.4 Å². The van der Waals surface area contributed by atoms with Crippen LogP contribution in [0.2, 0.25) is 0 Å². The summed E-state index contributed by atoms with van der Waals surface area (Å²) in [4.78, 5) is 10.6. The first-order valence-electron chi connectivity index (χ1n) is 6.22. The fraction of sp³-hybridized carbons (Fsp3) is 0.133. The maximum Gasteiger partial charge on any atom is 0.275 e. The molecule has 0 aromatic heterocycles. The minimum absolute atomic E-state index is 0.0815. The molecule has 0 amide bonds. The summed E-state index contributed by atoms with van der Waals surface area (Å²) in [5.74, 6) is 0. The molecule has 1 N–H and O–H groups in total.